The van der Waals surface area contributed by atoms with Crippen LogP contribution in [0, 0.1) is 0 Å². The van der Waals surface area contributed by atoms with E-state index in [4.69, 9.17) is 25.3 Å². The van der Waals surface area contributed by atoms with Crippen molar-refractivity contribution in [3.63, 3.8) is 0 Å². The number of halogens is 1. The number of phenolic OH excluding ortho intramolecular Hbond substituents is 1. The fourth-order valence-electron chi connectivity index (χ4n) is 3.21. The van der Waals surface area contributed by atoms with Crippen LogP contribution in [0.3, 0.4) is 0 Å². The molecule has 2 aromatic heterocycles. The van der Waals surface area contributed by atoms with Crippen molar-refractivity contribution in [2.45, 2.75) is 6.61 Å². The monoisotopic (exact) mass is 446 g/mol. The highest BCUT2D eigenvalue weighted by Crippen LogP contribution is 2.25. The van der Waals surface area contributed by atoms with Crippen LogP contribution in [0.2, 0.25) is 5.02 Å². The molecule has 0 aliphatic rings. The van der Waals surface area contributed by atoms with Gasteiger partial charge in [0.25, 0.3) is 5.89 Å². The molecule has 3 aromatic carbocycles. The van der Waals surface area contributed by atoms with Crippen LogP contribution >= 0.6 is 11.6 Å². The van der Waals surface area contributed by atoms with E-state index in [1.54, 1.807) is 54.6 Å². The largest absolute Gasteiger partial charge is 0.508 e. The lowest BCUT2D eigenvalue weighted by Crippen LogP contribution is -2.05. The summed E-state index contributed by atoms with van der Waals surface area (Å²) in [6.07, 6.45) is 1.40. The number of aromatic hydroxyl groups is 1. The fraction of sp³-hybridized carbons (Fsp3) is 0.0417. The van der Waals surface area contributed by atoms with Crippen molar-refractivity contribution < 1.29 is 18.8 Å². The predicted molar refractivity (Wildman–Crippen MR) is 119 cm³/mol. The fourth-order valence-corrected chi connectivity index (χ4v) is 3.34. The molecule has 0 saturated heterocycles. The molecule has 2 heterocycles. The van der Waals surface area contributed by atoms with Crippen LogP contribution in [-0.4, -0.2) is 15.2 Å². The van der Waals surface area contributed by atoms with Crippen molar-refractivity contribution in [3.8, 4) is 34.0 Å². The summed E-state index contributed by atoms with van der Waals surface area (Å²) >= 11 is 5.90. The number of hydrogen-bond acceptors (Lipinski definition) is 7. The third-order valence-corrected chi connectivity index (χ3v) is 5.11. The average Bonchev–Trinajstić information content (AvgIpc) is 3.28. The van der Waals surface area contributed by atoms with Gasteiger partial charge < -0.3 is 18.8 Å². The van der Waals surface area contributed by atoms with Crippen molar-refractivity contribution in [1.82, 2.24) is 10.1 Å². The summed E-state index contributed by atoms with van der Waals surface area (Å²) < 4.78 is 16.6. The maximum atomic E-state index is 12.9. The van der Waals surface area contributed by atoms with E-state index in [-0.39, 0.29) is 17.8 Å². The molecule has 8 heteroatoms. The van der Waals surface area contributed by atoms with Crippen molar-refractivity contribution in [2.75, 3.05) is 0 Å². The van der Waals surface area contributed by atoms with Crippen LogP contribution in [0.5, 0.6) is 11.5 Å². The van der Waals surface area contributed by atoms with Gasteiger partial charge in [0.05, 0.1) is 10.9 Å². The zero-order valence-corrected chi connectivity index (χ0v) is 17.2. The lowest BCUT2D eigenvalue weighted by molar-refractivity contribution is 0.243. The molecule has 7 nitrogen and oxygen atoms in total. The van der Waals surface area contributed by atoms with Gasteiger partial charge in [-0.05, 0) is 54.1 Å². The number of benzene rings is 3. The molecule has 0 radical (unpaired) electrons. The number of hydrogen-bond donors (Lipinski definition) is 1. The van der Waals surface area contributed by atoms with Crippen LogP contribution in [0.1, 0.15) is 5.89 Å². The first-order valence-electron chi connectivity index (χ1n) is 9.63. The molecule has 0 unspecified atom stereocenters. The Balaban J connectivity index is 1.34. The van der Waals surface area contributed by atoms with Gasteiger partial charge in [0.1, 0.15) is 23.3 Å². The molecule has 158 valence electrons. The Labute approximate surface area is 186 Å². The van der Waals surface area contributed by atoms with E-state index < -0.39 is 0 Å². The van der Waals surface area contributed by atoms with Gasteiger partial charge in [0, 0.05) is 16.7 Å². The van der Waals surface area contributed by atoms with Gasteiger partial charge in [0.15, 0.2) is 12.0 Å². The maximum absolute atomic E-state index is 12.9. The van der Waals surface area contributed by atoms with Crippen LogP contribution in [-0.2, 0) is 6.61 Å². The molecule has 5 rings (SSSR count). The van der Waals surface area contributed by atoms with Gasteiger partial charge in [-0.1, -0.05) is 28.9 Å². The second-order valence-electron chi connectivity index (χ2n) is 6.99. The summed E-state index contributed by atoms with van der Waals surface area (Å²) in [7, 11) is 0. The molecule has 0 spiro atoms. The van der Waals surface area contributed by atoms with Crippen molar-refractivity contribution in [2.24, 2.45) is 0 Å². The minimum Gasteiger partial charge on any atom is -0.508 e. The van der Waals surface area contributed by atoms with Crippen LogP contribution in [0.4, 0.5) is 0 Å². The van der Waals surface area contributed by atoms with Crippen molar-refractivity contribution >= 4 is 22.6 Å². The summed E-state index contributed by atoms with van der Waals surface area (Å²) in [6, 6.07) is 18.4. The molecule has 0 saturated carbocycles. The summed E-state index contributed by atoms with van der Waals surface area (Å²) in [5.74, 6) is 1.36. The van der Waals surface area contributed by atoms with Crippen molar-refractivity contribution in [3.05, 3.63) is 94.1 Å². The van der Waals surface area contributed by atoms with E-state index in [2.05, 4.69) is 10.1 Å². The van der Waals surface area contributed by atoms with E-state index in [0.717, 1.165) is 5.56 Å². The molecule has 0 fully saturated rings. The van der Waals surface area contributed by atoms with Crippen LogP contribution in [0.25, 0.3) is 33.5 Å². The third-order valence-electron chi connectivity index (χ3n) is 4.86. The second kappa shape index (κ2) is 8.20. The van der Waals surface area contributed by atoms with E-state index in [1.165, 1.54) is 18.4 Å². The molecule has 0 bridgehead atoms. The first-order valence-corrected chi connectivity index (χ1v) is 10.0. The van der Waals surface area contributed by atoms with Gasteiger partial charge in [-0.15, -0.1) is 0 Å². The summed E-state index contributed by atoms with van der Waals surface area (Å²) in [5, 5.41) is 14.4. The Morgan fingerprint density at radius 1 is 0.969 bits per heavy atom. The number of fused-ring (bicyclic) bond motifs is 1. The molecular formula is C24H15ClN2O5. The first kappa shape index (κ1) is 19.8. The first-order chi connectivity index (χ1) is 15.6. The number of nitrogens with zero attached hydrogens (tertiary/aromatic N) is 2. The molecule has 5 aromatic rings. The predicted octanol–water partition coefficient (Wildman–Crippen LogP) is 5.45. The Kier molecular flexibility index (Phi) is 5.09. The van der Waals surface area contributed by atoms with Gasteiger partial charge in [0.2, 0.25) is 5.82 Å². The standard InChI is InChI=1S/C24H15ClN2O5/c25-16-5-1-15(2-6-16)24-26-22(32-27-24)13-30-18-9-10-19-21(11-18)31-12-20(23(19)29)14-3-7-17(28)8-4-14/h1-12,28H,13H2. The SMILES string of the molecule is O=c1c(-c2ccc(O)cc2)coc2cc(OCc3nc(-c4ccc(Cl)cc4)no3)ccc12. The highest BCUT2D eigenvalue weighted by atomic mass is 35.5. The molecule has 32 heavy (non-hydrogen) atoms. The Morgan fingerprint density at radius 3 is 2.50 bits per heavy atom. The minimum atomic E-state index is -0.173. The van der Waals surface area contributed by atoms with Gasteiger partial charge >= 0.3 is 0 Å². The Morgan fingerprint density at radius 2 is 1.72 bits per heavy atom. The number of ether oxygens (including phenoxy) is 1. The summed E-state index contributed by atoms with van der Waals surface area (Å²) in [5.41, 5.74) is 2.06. The molecule has 0 aliphatic heterocycles. The van der Waals surface area contributed by atoms with E-state index >= 15 is 0 Å². The number of rotatable bonds is 5. The Hall–Kier alpha value is -4.10. The lowest BCUT2D eigenvalue weighted by Gasteiger charge is -2.06. The van der Waals surface area contributed by atoms with Gasteiger partial charge in [-0.3, -0.25) is 4.79 Å². The van der Waals surface area contributed by atoms with E-state index in [9.17, 15) is 9.90 Å². The molecule has 0 aliphatic carbocycles. The van der Waals surface area contributed by atoms with Gasteiger partial charge in [-0.2, -0.15) is 4.98 Å². The van der Waals surface area contributed by atoms with E-state index in [1.807, 2.05) is 0 Å². The normalized spacial score (nSPS) is 11.0. The highest BCUT2D eigenvalue weighted by Gasteiger charge is 2.12. The zero-order chi connectivity index (χ0) is 22.1. The zero-order valence-electron chi connectivity index (χ0n) is 16.5. The smallest absolute Gasteiger partial charge is 0.264 e. The molecule has 0 amide bonds. The lowest BCUT2D eigenvalue weighted by atomic mass is 10.1. The average molecular weight is 447 g/mol. The highest BCUT2D eigenvalue weighted by molar-refractivity contribution is 6.30. The van der Waals surface area contributed by atoms with Crippen LogP contribution < -0.4 is 10.2 Å². The Bertz CT molecular complexity index is 1460. The molecule has 0 atom stereocenters. The van der Waals surface area contributed by atoms with E-state index in [0.29, 0.717) is 44.6 Å². The van der Waals surface area contributed by atoms with Crippen LogP contribution in [0.15, 0.2) is 86.7 Å². The number of aromatic nitrogens is 2. The maximum Gasteiger partial charge on any atom is 0.264 e. The summed E-state index contributed by atoms with van der Waals surface area (Å²) in [6.45, 7) is 0.0575. The minimum absolute atomic E-state index is 0.0575. The molecule has 1 N–H and O–H groups in total. The second-order valence-corrected chi connectivity index (χ2v) is 7.43. The van der Waals surface area contributed by atoms with Gasteiger partial charge in [-0.25, -0.2) is 0 Å². The number of phenols is 1. The molecular weight excluding hydrogens is 432 g/mol. The summed E-state index contributed by atoms with van der Waals surface area (Å²) in [4.78, 5) is 17.2. The topological polar surface area (TPSA) is 98.6 Å². The quantitative estimate of drug-likeness (QED) is 0.383. The van der Waals surface area contributed by atoms with Crippen molar-refractivity contribution in [1.29, 1.82) is 0 Å². The third kappa shape index (κ3) is 3.93.